The first-order valence-electron chi connectivity index (χ1n) is 8.38. The van der Waals surface area contributed by atoms with E-state index in [9.17, 15) is 4.79 Å². The van der Waals surface area contributed by atoms with Crippen LogP contribution in [0, 0.1) is 20.8 Å². The van der Waals surface area contributed by atoms with Gasteiger partial charge >= 0.3 is 0 Å². The molecule has 1 fully saturated rings. The fourth-order valence-corrected chi connectivity index (χ4v) is 3.64. The highest BCUT2D eigenvalue weighted by Gasteiger charge is 2.35. The minimum absolute atomic E-state index is 0.0607. The van der Waals surface area contributed by atoms with Crippen molar-refractivity contribution in [2.24, 2.45) is 7.05 Å². The third-order valence-electron chi connectivity index (χ3n) is 4.95. The van der Waals surface area contributed by atoms with Crippen molar-refractivity contribution in [3.63, 3.8) is 0 Å². The summed E-state index contributed by atoms with van der Waals surface area (Å²) in [6, 6.07) is 1.72. The molecule has 1 saturated heterocycles. The lowest BCUT2D eigenvalue weighted by atomic mass is 10.0. The summed E-state index contributed by atoms with van der Waals surface area (Å²) in [6.45, 7) is 8.79. The van der Waals surface area contributed by atoms with Crippen LogP contribution in [-0.2, 0) is 11.8 Å². The Morgan fingerprint density at radius 1 is 1.42 bits per heavy atom. The number of aromatic nitrogens is 3. The third kappa shape index (κ3) is 2.96. The SMILES string of the molecule is Cc1cc(NC(=O)[C@@H](C)N2CCC[C@@H]2c2c(C)nn(C)c2C)no1. The van der Waals surface area contributed by atoms with E-state index in [4.69, 9.17) is 4.52 Å². The number of aryl methyl sites for hydroxylation is 3. The van der Waals surface area contributed by atoms with E-state index in [0.29, 0.717) is 11.6 Å². The van der Waals surface area contributed by atoms with E-state index in [-0.39, 0.29) is 18.0 Å². The van der Waals surface area contributed by atoms with E-state index in [2.05, 4.69) is 27.4 Å². The molecule has 1 aliphatic rings. The first-order chi connectivity index (χ1) is 11.4. The number of nitrogens with one attached hydrogen (secondary N) is 1. The Morgan fingerprint density at radius 2 is 2.17 bits per heavy atom. The van der Waals surface area contributed by atoms with Crippen LogP contribution in [0.2, 0.25) is 0 Å². The van der Waals surface area contributed by atoms with Gasteiger partial charge in [0, 0.05) is 30.4 Å². The third-order valence-corrected chi connectivity index (χ3v) is 4.95. The molecule has 7 heteroatoms. The Balaban J connectivity index is 1.78. The number of hydrogen-bond donors (Lipinski definition) is 1. The average Bonchev–Trinajstić information content (AvgIpc) is 3.20. The Kier molecular flexibility index (Phi) is 4.45. The van der Waals surface area contributed by atoms with Crippen LogP contribution >= 0.6 is 0 Å². The van der Waals surface area contributed by atoms with E-state index in [1.165, 1.54) is 11.3 Å². The Labute approximate surface area is 142 Å². The summed E-state index contributed by atoms with van der Waals surface area (Å²) in [4.78, 5) is 14.9. The lowest BCUT2D eigenvalue weighted by molar-refractivity contribution is -0.121. The van der Waals surface area contributed by atoms with Gasteiger partial charge in [-0.05, 0) is 47.1 Å². The maximum Gasteiger partial charge on any atom is 0.242 e. The van der Waals surface area contributed by atoms with E-state index in [1.54, 1.807) is 13.0 Å². The Hall–Kier alpha value is -2.15. The van der Waals surface area contributed by atoms with Crippen LogP contribution in [0.15, 0.2) is 10.6 Å². The summed E-state index contributed by atoms with van der Waals surface area (Å²) < 4.78 is 6.93. The van der Waals surface area contributed by atoms with Crippen molar-refractivity contribution in [2.45, 2.75) is 52.6 Å². The van der Waals surface area contributed by atoms with E-state index < -0.39 is 0 Å². The number of nitrogens with zero attached hydrogens (tertiary/aromatic N) is 4. The van der Waals surface area contributed by atoms with Crippen LogP contribution in [0.25, 0.3) is 0 Å². The number of anilines is 1. The predicted octanol–water partition coefficient (Wildman–Crippen LogP) is 2.50. The van der Waals surface area contributed by atoms with Crippen LogP contribution in [0.5, 0.6) is 0 Å². The second-order valence-corrected chi connectivity index (χ2v) is 6.59. The topological polar surface area (TPSA) is 76.2 Å². The van der Waals surface area contributed by atoms with Gasteiger partial charge in [-0.3, -0.25) is 14.4 Å². The molecular formula is C17H25N5O2. The molecule has 1 N–H and O–H groups in total. The molecule has 2 atom stereocenters. The van der Waals surface area contributed by atoms with Gasteiger partial charge in [-0.25, -0.2) is 0 Å². The number of carbonyl (C=O) groups is 1. The van der Waals surface area contributed by atoms with Crippen LogP contribution < -0.4 is 5.32 Å². The number of amides is 1. The van der Waals surface area contributed by atoms with Crippen molar-refractivity contribution >= 4 is 11.7 Å². The van der Waals surface area contributed by atoms with E-state index in [0.717, 1.165) is 25.1 Å². The van der Waals surface area contributed by atoms with Gasteiger partial charge in [0.05, 0.1) is 11.7 Å². The number of carbonyl (C=O) groups excluding carboxylic acids is 1. The Morgan fingerprint density at radius 3 is 2.75 bits per heavy atom. The highest BCUT2D eigenvalue weighted by Crippen LogP contribution is 2.36. The molecule has 7 nitrogen and oxygen atoms in total. The largest absolute Gasteiger partial charge is 0.360 e. The predicted molar refractivity (Wildman–Crippen MR) is 90.7 cm³/mol. The summed E-state index contributed by atoms with van der Waals surface area (Å²) in [5.74, 6) is 1.09. The number of hydrogen-bond acceptors (Lipinski definition) is 5. The van der Waals surface area contributed by atoms with Crippen molar-refractivity contribution < 1.29 is 9.32 Å². The van der Waals surface area contributed by atoms with Gasteiger partial charge in [-0.1, -0.05) is 5.16 Å². The molecule has 0 bridgehead atoms. The first kappa shape index (κ1) is 16.7. The molecule has 0 unspecified atom stereocenters. The maximum absolute atomic E-state index is 12.6. The zero-order valence-electron chi connectivity index (χ0n) is 15.0. The van der Waals surface area contributed by atoms with Crippen LogP contribution in [-0.4, -0.2) is 38.3 Å². The van der Waals surface area contributed by atoms with Crippen molar-refractivity contribution in [2.75, 3.05) is 11.9 Å². The summed E-state index contributed by atoms with van der Waals surface area (Å²) in [5, 5.41) is 11.2. The molecule has 0 aliphatic carbocycles. The highest BCUT2D eigenvalue weighted by atomic mass is 16.5. The molecule has 24 heavy (non-hydrogen) atoms. The normalized spacial score (nSPS) is 19.6. The Bertz CT molecular complexity index is 748. The molecule has 3 rings (SSSR count). The minimum atomic E-state index is -0.242. The van der Waals surface area contributed by atoms with Crippen molar-refractivity contribution in [3.05, 3.63) is 28.8 Å². The fourth-order valence-electron chi connectivity index (χ4n) is 3.64. The van der Waals surface area contributed by atoms with Crippen molar-refractivity contribution in [1.82, 2.24) is 19.8 Å². The molecule has 0 saturated carbocycles. The number of rotatable bonds is 4. The zero-order valence-corrected chi connectivity index (χ0v) is 15.0. The second kappa shape index (κ2) is 6.39. The molecule has 0 aromatic carbocycles. The van der Waals surface area contributed by atoms with E-state index >= 15 is 0 Å². The quantitative estimate of drug-likeness (QED) is 0.931. The van der Waals surface area contributed by atoms with Gasteiger partial charge in [0.15, 0.2) is 5.82 Å². The molecule has 0 spiro atoms. The lowest BCUT2D eigenvalue weighted by Crippen LogP contribution is -2.41. The standard InChI is InChI=1S/C17H25N5O2/c1-10-9-15(20-24-10)18-17(23)13(4)22-8-6-7-14(22)16-11(2)19-21(5)12(16)3/h9,13-14H,6-8H2,1-5H3,(H,18,20,23)/t13-,14-/m1/s1. The molecule has 0 radical (unpaired) electrons. The molecular weight excluding hydrogens is 306 g/mol. The summed E-state index contributed by atoms with van der Waals surface area (Å²) in [6.07, 6.45) is 2.13. The van der Waals surface area contributed by atoms with Crippen LogP contribution in [0.3, 0.4) is 0 Å². The van der Waals surface area contributed by atoms with Gasteiger partial charge in [-0.2, -0.15) is 5.10 Å². The molecule has 3 heterocycles. The second-order valence-electron chi connectivity index (χ2n) is 6.59. The zero-order chi connectivity index (χ0) is 17.4. The van der Waals surface area contributed by atoms with Crippen LogP contribution in [0.4, 0.5) is 5.82 Å². The molecule has 1 amide bonds. The monoisotopic (exact) mass is 331 g/mol. The van der Waals surface area contributed by atoms with Crippen molar-refractivity contribution in [1.29, 1.82) is 0 Å². The van der Waals surface area contributed by atoms with Crippen LogP contribution in [0.1, 0.15) is 48.5 Å². The summed E-state index contributed by atoms with van der Waals surface area (Å²) >= 11 is 0. The lowest BCUT2D eigenvalue weighted by Gasteiger charge is -2.30. The maximum atomic E-state index is 12.6. The summed E-state index contributed by atoms with van der Waals surface area (Å²) in [5.41, 5.74) is 3.47. The first-order valence-corrected chi connectivity index (χ1v) is 8.38. The van der Waals surface area contributed by atoms with Crippen molar-refractivity contribution in [3.8, 4) is 0 Å². The van der Waals surface area contributed by atoms with E-state index in [1.807, 2.05) is 25.6 Å². The number of likely N-dealkylation sites (tertiary alicyclic amines) is 1. The van der Waals surface area contributed by atoms with Gasteiger partial charge in [0.2, 0.25) is 5.91 Å². The molecule has 2 aromatic rings. The van der Waals surface area contributed by atoms with Gasteiger partial charge in [0.25, 0.3) is 0 Å². The summed E-state index contributed by atoms with van der Waals surface area (Å²) in [7, 11) is 1.97. The van der Waals surface area contributed by atoms with Gasteiger partial charge in [0.1, 0.15) is 5.76 Å². The molecule has 130 valence electrons. The molecule has 2 aromatic heterocycles. The fraction of sp³-hybridized carbons (Fsp3) is 0.588. The smallest absolute Gasteiger partial charge is 0.242 e. The van der Waals surface area contributed by atoms with Gasteiger partial charge in [-0.15, -0.1) is 0 Å². The molecule has 1 aliphatic heterocycles. The average molecular weight is 331 g/mol. The highest BCUT2D eigenvalue weighted by molar-refractivity contribution is 5.93. The minimum Gasteiger partial charge on any atom is -0.360 e. The van der Waals surface area contributed by atoms with Gasteiger partial charge < -0.3 is 9.84 Å².